The number of nitrogens with one attached hydrogen (secondary N) is 1. The summed E-state index contributed by atoms with van der Waals surface area (Å²) in [6, 6.07) is 18.0. The molecule has 0 saturated heterocycles. The van der Waals surface area contributed by atoms with Crippen molar-refractivity contribution in [3.8, 4) is 0 Å². The first-order valence-electron chi connectivity index (χ1n) is 10.1. The third-order valence-electron chi connectivity index (χ3n) is 5.31. The minimum absolute atomic E-state index is 0.0136. The molecule has 1 amide bonds. The molecule has 6 heteroatoms. The van der Waals surface area contributed by atoms with Crippen molar-refractivity contribution >= 4 is 34.5 Å². The number of pyridine rings is 1. The summed E-state index contributed by atoms with van der Waals surface area (Å²) >= 11 is 1.32. The fourth-order valence-corrected chi connectivity index (χ4v) is 4.63. The number of carbonyl (C=O) groups excluding carboxylic acids is 2. The highest BCUT2D eigenvalue weighted by atomic mass is 32.2. The van der Waals surface area contributed by atoms with Gasteiger partial charge in [0.05, 0.1) is 22.3 Å². The average molecular weight is 421 g/mol. The van der Waals surface area contributed by atoms with Crippen LogP contribution in [0.3, 0.4) is 0 Å². The number of ether oxygens (including phenoxy) is 1. The second-order valence-electron chi connectivity index (χ2n) is 7.46. The van der Waals surface area contributed by atoms with Crippen LogP contribution in [0, 0.1) is 6.92 Å². The Kier molecular flexibility index (Phi) is 6.33. The number of para-hydroxylation sites is 1. The molecule has 4 rings (SSSR count). The topological polar surface area (TPSA) is 68.3 Å². The lowest BCUT2D eigenvalue weighted by Crippen LogP contribution is -2.34. The van der Waals surface area contributed by atoms with Gasteiger partial charge in [-0.1, -0.05) is 54.2 Å². The molecule has 1 aliphatic rings. The lowest BCUT2D eigenvalue weighted by molar-refractivity contribution is -0.146. The lowest BCUT2D eigenvalue weighted by Gasteiger charge is -2.26. The Hall–Kier alpha value is -2.86. The summed E-state index contributed by atoms with van der Waals surface area (Å²) in [5.41, 5.74) is 4.46. The van der Waals surface area contributed by atoms with Crippen molar-refractivity contribution in [1.82, 2.24) is 10.3 Å². The molecule has 2 aromatic carbocycles. The first-order chi connectivity index (χ1) is 14.6. The molecule has 0 aliphatic heterocycles. The number of benzene rings is 2. The zero-order valence-corrected chi connectivity index (χ0v) is 17.7. The number of hydrogen-bond acceptors (Lipinski definition) is 5. The number of carbonyl (C=O) groups is 2. The van der Waals surface area contributed by atoms with Crippen LogP contribution >= 0.6 is 11.8 Å². The molecule has 1 atom stereocenters. The third kappa shape index (κ3) is 4.82. The fourth-order valence-electron chi connectivity index (χ4n) is 3.85. The van der Waals surface area contributed by atoms with Crippen LogP contribution in [0.4, 0.5) is 0 Å². The van der Waals surface area contributed by atoms with Gasteiger partial charge >= 0.3 is 5.97 Å². The minimum Gasteiger partial charge on any atom is -0.455 e. The van der Waals surface area contributed by atoms with Crippen LogP contribution in [0.25, 0.3) is 10.9 Å². The van der Waals surface area contributed by atoms with E-state index in [0.717, 1.165) is 46.3 Å². The molecular formula is C24H24N2O3S. The Balaban J connectivity index is 1.27. The molecule has 5 nitrogen and oxygen atoms in total. The van der Waals surface area contributed by atoms with Crippen LogP contribution in [0.2, 0.25) is 0 Å². The largest absolute Gasteiger partial charge is 0.455 e. The van der Waals surface area contributed by atoms with Crippen molar-refractivity contribution in [2.24, 2.45) is 0 Å². The summed E-state index contributed by atoms with van der Waals surface area (Å²) in [4.78, 5) is 29.0. The lowest BCUT2D eigenvalue weighted by atomic mass is 9.88. The smallest absolute Gasteiger partial charge is 0.316 e. The Morgan fingerprint density at radius 1 is 1.17 bits per heavy atom. The van der Waals surface area contributed by atoms with Gasteiger partial charge in [-0.05, 0) is 55.0 Å². The maximum Gasteiger partial charge on any atom is 0.316 e. The van der Waals surface area contributed by atoms with Gasteiger partial charge in [-0.2, -0.15) is 0 Å². The fraction of sp³-hybridized carbons (Fsp3) is 0.292. The van der Waals surface area contributed by atoms with Gasteiger partial charge in [0.25, 0.3) is 5.91 Å². The van der Waals surface area contributed by atoms with Crippen LogP contribution in [0.15, 0.2) is 59.6 Å². The normalized spacial score (nSPS) is 15.4. The van der Waals surface area contributed by atoms with E-state index in [2.05, 4.69) is 22.4 Å². The number of hydrogen-bond donors (Lipinski definition) is 1. The Morgan fingerprint density at radius 3 is 2.87 bits per heavy atom. The molecule has 1 aromatic heterocycles. The number of nitrogens with zero attached hydrogens (tertiary/aromatic N) is 1. The van der Waals surface area contributed by atoms with E-state index in [1.165, 1.54) is 17.3 Å². The molecule has 1 aliphatic carbocycles. The molecule has 154 valence electrons. The predicted molar refractivity (Wildman–Crippen MR) is 118 cm³/mol. The Labute approximate surface area is 180 Å². The number of thioether (sulfide) groups is 1. The van der Waals surface area contributed by atoms with Crippen LogP contribution in [0.1, 0.15) is 35.6 Å². The van der Waals surface area contributed by atoms with Crippen LogP contribution in [0.5, 0.6) is 0 Å². The number of aryl methyl sites for hydroxylation is 2. The molecule has 3 aromatic rings. The molecule has 0 fully saturated rings. The maximum absolute atomic E-state index is 12.3. The van der Waals surface area contributed by atoms with Gasteiger partial charge in [0.15, 0.2) is 6.61 Å². The van der Waals surface area contributed by atoms with Crippen LogP contribution in [-0.4, -0.2) is 29.2 Å². The number of rotatable bonds is 6. The quantitative estimate of drug-likeness (QED) is 0.474. The van der Waals surface area contributed by atoms with Crippen molar-refractivity contribution in [3.05, 3.63) is 71.3 Å². The van der Waals surface area contributed by atoms with E-state index in [4.69, 9.17) is 4.74 Å². The SMILES string of the molecule is Cc1cc(SCC(=O)OCC(=O)N[C@H]2CCCc3ccccc32)nc2ccccc12. The van der Waals surface area contributed by atoms with E-state index < -0.39 is 5.97 Å². The first-order valence-corrected chi connectivity index (χ1v) is 11.1. The summed E-state index contributed by atoms with van der Waals surface area (Å²) in [7, 11) is 0. The van der Waals surface area contributed by atoms with Crippen molar-refractivity contribution in [3.63, 3.8) is 0 Å². The number of esters is 1. The molecule has 1 N–H and O–H groups in total. The summed E-state index contributed by atoms with van der Waals surface area (Å²) in [5.74, 6) is -0.578. The van der Waals surface area contributed by atoms with Crippen LogP contribution < -0.4 is 5.32 Å². The molecule has 0 radical (unpaired) electrons. The molecule has 0 spiro atoms. The highest BCUT2D eigenvalue weighted by molar-refractivity contribution is 7.99. The summed E-state index contributed by atoms with van der Waals surface area (Å²) < 4.78 is 5.17. The van der Waals surface area contributed by atoms with Gasteiger partial charge < -0.3 is 10.1 Å². The summed E-state index contributed by atoms with van der Waals surface area (Å²) in [5, 5.41) is 4.87. The molecule has 0 unspecified atom stereocenters. The van der Waals surface area contributed by atoms with E-state index in [9.17, 15) is 9.59 Å². The number of aromatic nitrogens is 1. The van der Waals surface area contributed by atoms with Gasteiger partial charge in [0.1, 0.15) is 0 Å². The minimum atomic E-state index is -0.424. The summed E-state index contributed by atoms with van der Waals surface area (Å²) in [6.07, 6.45) is 2.98. The van der Waals surface area contributed by atoms with Crippen molar-refractivity contribution in [2.75, 3.05) is 12.4 Å². The molecule has 0 saturated carbocycles. The van der Waals surface area contributed by atoms with Gasteiger partial charge in [-0.25, -0.2) is 4.98 Å². The molecule has 0 bridgehead atoms. The van der Waals surface area contributed by atoms with Crippen LogP contribution in [-0.2, 0) is 20.7 Å². The van der Waals surface area contributed by atoms with E-state index in [1.54, 1.807) is 0 Å². The monoisotopic (exact) mass is 420 g/mol. The van der Waals surface area contributed by atoms with Gasteiger partial charge in [-0.3, -0.25) is 9.59 Å². The summed E-state index contributed by atoms with van der Waals surface area (Å²) in [6.45, 7) is 1.77. The van der Waals surface area contributed by atoms with Gasteiger partial charge in [0.2, 0.25) is 0 Å². The van der Waals surface area contributed by atoms with Crippen molar-refractivity contribution in [1.29, 1.82) is 0 Å². The maximum atomic E-state index is 12.3. The molecular weight excluding hydrogens is 396 g/mol. The average Bonchev–Trinajstić information content (AvgIpc) is 2.76. The van der Waals surface area contributed by atoms with Gasteiger partial charge in [-0.15, -0.1) is 0 Å². The van der Waals surface area contributed by atoms with Crippen molar-refractivity contribution in [2.45, 2.75) is 37.3 Å². The third-order valence-corrected chi connectivity index (χ3v) is 6.19. The zero-order valence-electron chi connectivity index (χ0n) is 16.9. The molecule has 30 heavy (non-hydrogen) atoms. The van der Waals surface area contributed by atoms with E-state index >= 15 is 0 Å². The second kappa shape index (κ2) is 9.30. The van der Waals surface area contributed by atoms with E-state index in [0.29, 0.717) is 0 Å². The first kappa shape index (κ1) is 20.4. The van der Waals surface area contributed by atoms with E-state index in [1.807, 2.05) is 49.4 Å². The highest BCUT2D eigenvalue weighted by Gasteiger charge is 2.21. The highest BCUT2D eigenvalue weighted by Crippen LogP contribution is 2.29. The number of fused-ring (bicyclic) bond motifs is 2. The second-order valence-corrected chi connectivity index (χ2v) is 8.45. The zero-order chi connectivity index (χ0) is 20.9. The molecule has 1 heterocycles. The Bertz CT molecular complexity index is 1080. The Morgan fingerprint density at radius 2 is 1.97 bits per heavy atom. The van der Waals surface area contributed by atoms with Gasteiger partial charge in [0, 0.05) is 5.39 Å². The van der Waals surface area contributed by atoms with E-state index in [-0.39, 0.29) is 24.3 Å². The predicted octanol–water partition coefficient (Wildman–Crippen LogP) is 4.37. The van der Waals surface area contributed by atoms with Crippen molar-refractivity contribution < 1.29 is 14.3 Å². The number of amides is 1. The standard InChI is InChI=1S/C24H24N2O3S/c1-16-13-23(26-20-11-5-4-9-18(16)20)30-15-24(28)29-14-22(27)25-21-12-6-8-17-7-2-3-10-19(17)21/h2-5,7,9-11,13,21H,6,8,12,14-15H2,1H3,(H,25,27)/t21-/m0/s1.